The zero-order chi connectivity index (χ0) is 28.6. The minimum Gasteiger partial charge on any atom is -0.490 e. The lowest BCUT2D eigenvalue weighted by Gasteiger charge is -2.13. The first kappa shape index (κ1) is 28.7. The molecule has 1 aliphatic heterocycles. The van der Waals surface area contributed by atoms with E-state index in [4.69, 9.17) is 21.1 Å². The Morgan fingerprint density at radius 2 is 1.68 bits per heavy atom. The number of aryl methyl sites for hydroxylation is 1. The fourth-order valence-electron chi connectivity index (χ4n) is 3.73. The Hall–Kier alpha value is -4.28. The van der Waals surface area contributed by atoms with Gasteiger partial charge in [0.1, 0.15) is 6.54 Å². The van der Waals surface area contributed by atoms with Crippen LogP contribution in [-0.2, 0) is 14.4 Å². The van der Waals surface area contributed by atoms with Crippen molar-refractivity contribution in [3.8, 4) is 11.5 Å². The van der Waals surface area contributed by atoms with Gasteiger partial charge in [-0.05, 0) is 91.3 Å². The van der Waals surface area contributed by atoms with Crippen LogP contribution >= 0.6 is 23.4 Å². The molecule has 0 saturated carbocycles. The first-order valence-electron chi connectivity index (χ1n) is 12.3. The van der Waals surface area contributed by atoms with Crippen LogP contribution in [0.15, 0.2) is 71.6 Å². The van der Waals surface area contributed by atoms with Gasteiger partial charge in [0.25, 0.3) is 17.1 Å². The number of carbonyl (C=O) groups is 4. The third kappa shape index (κ3) is 7.64. The fourth-order valence-corrected chi connectivity index (χ4v) is 4.69. The summed E-state index contributed by atoms with van der Waals surface area (Å²) in [5, 5.41) is 5.38. The molecule has 0 unspecified atom stereocenters. The molecular formula is C29H26ClN3O6S. The minimum atomic E-state index is -0.577. The van der Waals surface area contributed by atoms with Crippen LogP contribution in [0.25, 0.3) is 6.08 Å². The Labute approximate surface area is 240 Å². The molecule has 1 saturated heterocycles. The summed E-state index contributed by atoms with van der Waals surface area (Å²) < 4.78 is 11.4. The van der Waals surface area contributed by atoms with Gasteiger partial charge in [-0.1, -0.05) is 29.8 Å². The first-order valence-corrected chi connectivity index (χ1v) is 13.5. The standard InChI is InChI=1S/C29H26ClN3O6S/c1-3-38-24-14-19(7-12-23(24)39-17-27(35)32-22-6-4-5-18(2)13-22)15-25-28(36)33(29(37)40-25)16-26(34)31-21-10-8-20(30)9-11-21/h4-15H,3,16-17H2,1-2H3,(H,31,34)(H,32,35)/b25-15+. The summed E-state index contributed by atoms with van der Waals surface area (Å²) in [4.78, 5) is 51.2. The molecule has 0 aliphatic carbocycles. The average Bonchev–Trinajstić information content (AvgIpc) is 3.17. The number of nitrogens with zero attached hydrogens (tertiary/aromatic N) is 1. The highest BCUT2D eigenvalue weighted by Gasteiger charge is 2.36. The Morgan fingerprint density at radius 1 is 0.925 bits per heavy atom. The normalized spacial score (nSPS) is 13.9. The van der Waals surface area contributed by atoms with Crippen LogP contribution in [0.4, 0.5) is 16.2 Å². The number of thioether (sulfide) groups is 1. The molecule has 1 aliphatic rings. The molecule has 1 heterocycles. The van der Waals surface area contributed by atoms with Gasteiger partial charge in [0.2, 0.25) is 5.91 Å². The second kappa shape index (κ2) is 13.2. The Morgan fingerprint density at radius 3 is 2.40 bits per heavy atom. The summed E-state index contributed by atoms with van der Waals surface area (Å²) in [7, 11) is 0. The van der Waals surface area contributed by atoms with Gasteiger partial charge in [0, 0.05) is 16.4 Å². The van der Waals surface area contributed by atoms with Gasteiger partial charge in [-0.25, -0.2) is 0 Å². The molecule has 1 fully saturated rings. The lowest BCUT2D eigenvalue weighted by molar-refractivity contribution is -0.127. The van der Waals surface area contributed by atoms with Crippen LogP contribution < -0.4 is 20.1 Å². The number of hydrogen-bond donors (Lipinski definition) is 2. The number of hydrogen-bond acceptors (Lipinski definition) is 7. The molecule has 40 heavy (non-hydrogen) atoms. The number of imide groups is 1. The van der Waals surface area contributed by atoms with Gasteiger partial charge in [0.15, 0.2) is 18.1 Å². The number of nitrogens with one attached hydrogen (secondary N) is 2. The topological polar surface area (TPSA) is 114 Å². The molecule has 4 rings (SSSR count). The summed E-state index contributed by atoms with van der Waals surface area (Å²) in [5.74, 6) is -0.692. The van der Waals surface area contributed by atoms with Gasteiger partial charge in [-0.15, -0.1) is 0 Å². The molecule has 4 amide bonds. The largest absolute Gasteiger partial charge is 0.490 e. The smallest absolute Gasteiger partial charge is 0.294 e. The molecule has 3 aromatic rings. The van der Waals surface area contributed by atoms with E-state index in [1.807, 2.05) is 25.1 Å². The quantitative estimate of drug-likeness (QED) is 0.294. The molecule has 0 radical (unpaired) electrons. The van der Waals surface area contributed by atoms with E-state index in [0.29, 0.717) is 40.1 Å². The lowest BCUT2D eigenvalue weighted by atomic mass is 10.2. The van der Waals surface area contributed by atoms with E-state index >= 15 is 0 Å². The van der Waals surface area contributed by atoms with E-state index in [2.05, 4.69) is 10.6 Å². The number of ether oxygens (including phenoxy) is 2. The monoisotopic (exact) mass is 579 g/mol. The average molecular weight is 580 g/mol. The van der Waals surface area contributed by atoms with Crippen molar-refractivity contribution in [1.82, 2.24) is 4.90 Å². The highest BCUT2D eigenvalue weighted by atomic mass is 35.5. The molecule has 3 aromatic carbocycles. The molecule has 2 N–H and O–H groups in total. The van der Waals surface area contributed by atoms with Crippen molar-refractivity contribution in [1.29, 1.82) is 0 Å². The number of amides is 4. The Kier molecular flexibility index (Phi) is 9.47. The molecular weight excluding hydrogens is 554 g/mol. The third-order valence-electron chi connectivity index (χ3n) is 5.53. The fraction of sp³-hybridized carbons (Fsp3) is 0.172. The lowest BCUT2D eigenvalue weighted by Crippen LogP contribution is -2.36. The number of rotatable bonds is 10. The van der Waals surface area contributed by atoms with E-state index in [9.17, 15) is 19.2 Å². The van der Waals surface area contributed by atoms with E-state index in [0.717, 1.165) is 22.2 Å². The van der Waals surface area contributed by atoms with Crippen LogP contribution in [0.5, 0.6) is 11.5 Å². The van der Waals surface area contributed by atoms with Crippen molar-refractivity contribution < 1.29 is 28.7 Å². The van der Waals surface area contributed by atoms with Crippen molar-refractivity contribution >= 4 is 63.8 Å². The molecule has 0 bridgehead atoms. The van der Waals surface area contributed by atoms with Crippen LogP contribution in [0.1, 0.15) is 18.1 Å². The SMILES string of the molecule is CCOc1cc(/C=C2/SC(=O)N(CC(=O)Nc3ccc(Cl)cc3)C2=O)ccc1OCC(=O)Nc1cccc(C)c1. The molecule has 9 nitrogen and oxygen atoms in total. The van der Waals surface area contributed by atoms with Gasteiger partial charge >= 0.3 is 0 Å². The second-order valence-electron chi connectivity index (χ2n) is 8.67. The van der Waals surface area contributed by atoms with Gasteiger partial charge < -0.3 is 20.1 Å². The highest BCUT2D eigenvalue weighted by molar-refractivity contribution is 8.18. The number of benzene rings is 3. The number of anilines is 2. The third-order valence-corrected chi connectivity index (χ3v) is 6.69. The van der Waals surface area contributed by atoms with Gasteiger partial charge in [0.05, 0.1) is 11.5 Å². The summed E-state index contributed by atoms with van der Waals surface area (Å²) in [6, 6.07) is 18.9. The van der Waals surface area contributed by atoms with Crippen molar-refractivity contribution in [2.45, 2.75) is 13.8 Å². The van der Waals surface area contributed by atoms with Crippen LogP contribution in [0.3, 0.4) is 0 Å². The second-order valence-corrected chi connectivity index (χ2v) is 10.1. The number of carbonyl (C=O) groups excluding carboxylic acids is 4. The zero-order valence-corrected chi connectivity index (χ0v) is 23.3. The first-order chi connectivity index (χ1) is 19.2. The predicted molar refractivity (Wildman–Crippen MR) is 156 cm³/mol. The summed E-state index contributed by atoms with van der Waals surface area (Å²) in [6.45, 7) is 3.43. The van der Waals surface area contributed by atoms with E-state index in [1.165, 1.54) is 0 Å². The van der Waals surface area contributed by atoms with Crippen molar-refractivity contribution in [2.24, 2.45) is 0 Å². The molecule has 0 atom stereocenters. The maximum absolute atomic E-state index is 12.9. The van der Waals surface area contributed by atoms with Gasteiger partial charge in [-0.3, -0.25) is 24.1 Å². The molecule has 0 aromatic heterocycles. The number of halogens is 1. The molecule has 11 heteroatoms. The molecule has 206 valence electrons. The Bertz CT molecular complexity index is 1470. The molecule has 0 spiro atoms. The van der Waals surface area contributed by atoms with Crippen LogP contribution in [0, 0.1) is 6.92 Å². The van der Waals surface area contributed by atoms with Crippen molar-refractivity contribution in [3.63, 3.8) is 0 Å². The van der Waals surface area contributed by atoms with Crippen molar-refractivity contribution in [3.05, 3.63) is 87.8 Å². The highest BCUT2D eigenvalue weighted by Crippen LogP contribution is 2.34. The van der Waals surface area contributed by atoms with E-state index in [-0.39, 0.29) is 17.4 Å². The van der Waals surface area contributed by atoms with Crippen LogP contribution in [-0.4, -0.2) is 47.6 Å². The maximum atomic E-state index is 12.9. The summed E-state index contributed by atoms with van der Waals surface area (Å²) in [5.41, 5.74) is 2.77. The van der Waals surface area contributed by atoms with Crippen LogP contribution in [0.2, 0.25) is 5.02 Å². The van der Waals surface area contributed by atoms with E-state index < -0.39 is 23.6 Å². The summed E-state index contributed by atoms with van der Waals surface area (Å²) >= 11 is 6.59. The Balaban J connectivity index is 1.40. The van der Waals surface area contributed by atoms with Crippen molar-refractivity contribution in [2.75, 3.05) is 30.4 Å². The zero-order valence-electron chi connectivity index (χ0n) is 21.7. The summed E-state index contributed by atoms with van der Waals surface area (Å²) in [6.07, 6.45) is 1.54. The minimum absolute atomic E-state index is 0.165. The predicted octanol–water partition coefficient (Wildman–Crippen LogP) is 5.74. The van der Waals surface area contributed by atoms with Gasteiger partial charge in [-0.2, -0.15) is 0 Å². The van der Waals surface area contributed by atoms with E-state index in [1.54, 1.807) is 61.5 Å². The maximum Gasteiger partial charge on any atom is 0.294 e.